The number of nitrogen functional groups attached to an aromatic ring is 1. The molecule has 1 aliphatic heterocycles. The molecule has 1 amide bonds. The van der Waals surface area contributed by atoms with Crippen LogP contribution in [0.1, 0.15) is 24.5 Å². The highest BCUT2D eigenvalue weighted by molar-refractivity contribution is 7.89. The number of ether oxygens (including phenoxy) is 2. The molecule has 0 spiro atoms. The fourth-order valence-corrected chi connectivity index (χ4v) is 4.78. The number of nitrogens with one attached hydrogen (secondary N) is 2. The van der Waals surface area contributed by atoms with Crippen LogP contribution in [0.15, 0.2) is 48.5 Å². The maximum atomic E-state index is 12.2. The van der Waals surface area contributed by atoms with Crippen LogP contribution in [0.5, 0.6) is 5.75 Å². The molecule has 0 saturated carbocycles. The molecule has 2 aromatic rings. The van der Waals surface area contributed by atoms with E-state index in [2.05, 4.69) is 4.72 Å². The normalized spacial score (nSPS) is 16.5. The van der Waals surface area contributed by atoms with Gasteiger partial charge >= 0.3 is 12.1 Å². The fourth-order valence-electron chi connectivity index (χ4n) is 3.51. The molecular formula is C23H28N4O7S. The van der Waals surface area contributed by atoms with Gasteiger partial charge in [0, 0.05) is 11.3 Å². The second-order valence-electron chi connectivity index (χ2n) is 8.06. The largest absolute Gasteiger partial charge is 0.490 e. The van der Waals surface area contributed by atoms with Crippen molar-refractivity contribution in [1.82, 2.24) is 4.72 Å². The summed E-state index contributed by atoms with van der Waals surface area (Å²) in [5.41, 5.74) is 7.25. The highest BCUT2D eigenvalue weighted by atomic mass is 32.2. The lowest BCUT2D eigenvalue weighted by Crippen LogP contribution is -2.43. The van der Waals surface area contributed by atoms with Crippen molar-refractivity contribution in [3.05, 3.63) is 59.7 Å². The average Bonchev–Trinajstić information content (AvgIpc) is 3.18. The van der Waals surface area contributed by atoms with Crippen LogP contribution in [0.25, 0.3) is 0 Å². The summed E-state index contributed by atoms with van der Waals surface area (Å²) in [6.45, 7) is 2.10. The number of aliphatic carboxylic acids is 1. The van der Waals surface area contributed by atoms with E-state index in [1.807, 2.05) is 0 Å². The standard InChI is InChI=1S/C23H28N4O7S/c1-2-11-35(31,32)26-20(22(28)29)12-15-3-9-18(10-4-15)33-14-19-13-27(23(30)34-19)17-7-5-16(6-8-17)21(24)25/h3-10,19-20,26H,2,11-14H2,1H3,(H3,24,25)(H,28,29). The van der Waals surface area contributed by atoms with E-state index in [1.165, 1.54) is 4.90 Å². The van der Waals surface area contributed by atoms with Crippen LogP contribution < -0.4 is 20.1 Å². The van der Waals surface area contributed by atoms with Crippen LogP contribution in [-0.4, -0.2) is 62.5 Å². The van der Waals surface area contributed by atoms with Crippen LogP contribution in [0.4, 0.5) is 10.5 Å². The van der Waals surface area contributed by atoms with E-state index in [1.54, 1.807) is 55.5 Å². The van der Waals surface area contributed by atoms with Gasteiger partial charge in [-0.2, -0.15) is 0 Å². The number of anilines is 1. The van der Waals surface area contributed by atoms with Crippen molar-refractivity contribution in [2.45, 2.75) is 31.9 Å². The van der Waals surface area contributed by atoms with E-state index >= 15 is 0 Å². The zero-order valence-corrected chi connectivity index (χ0v) is 20.0. The van der Waals surface area contributed by atoms with Crippen molar-refractivity contribution in [3.63, 3.8) is 0 Å². The zero-order chi connectivity index (χ0) is 25.6. The molecule has 188 valence electrons. The Kier molecular flexibility index (Phi) is 8.30. The Morgan fingerprint density at radius 3 is 2.49 bits per heavy atom. The number of amidine groups is 1. The maximum Gasteiger partial charge on any atom is 0.414 e. The Morgan fingerprint density at radius 2 is 1.91 bits per heavy atom. The Morgan fingerprint density at radius 1 is 1.26 bits per heavy atom. The third-order valence-electron chi connectivity index (χ3n) is 5.26. The van der Waals surface area contributed by atoms with Gasteiger partial charge in [-0.3, -0.25) is 15.1 Å². The minimum Gasteiger partial charge on any atom is -0.490 e. The van der Waals surface area contributed by atoms with Crippen LogP contribution >= 0.6 is 0 Å². The molecule has 35 heavy (non-hydrogen) atoms. The Labute approximate surface area is 203 Å². The summed E-state index contributed by atoms with van der Waals surface area (Å²) < 4.78 is 37.2. The highest BCUT2D eigenvalue weighted by Gasteiger charge is 2.33. The average molecular weight is 505 g/mol. The lowest BCUT2D eigenvalue weighted by Gasteiger charge is -2.15. The first-order valence-corrected chi connectivity index (χ1v) is 12.6. The topological polar surface area (TPSA) is 172 Å². The number of carboxylic acids is 1. The number of hydrogen-bond donors (Lipinski definition) is 4. The van der Waals surface area contributed by atoms with Crippen molar-refractivity contribution in [2.24, 2.45) is 5.73 Å². The number of nitrogens with two attached hydrogens (primary N) is 1. The van der Waals surface area contributed by atoms with Crippen LogP contribution in [0.2, 0.25) is 0 Å². The molecule has 0 aliphatic carbocycles. The summed E-state index contributed by atoms with van der Waals surface area (Å²) in [7, 11) is -3.67. The van der Waals surface area contributed by atoms with E-state index in [-0.39, 0.29) is 31.2 Å². The van der Waals surface area contributed by atoms with Crippen molar-refractivity contribution in [2.75, 3.05) is 23.8 Å². The van der Waals surface area contributed by atoms with Gasteiger partial charge in [0.2, 0.25) is 10.0 Å². The minimum atomic E-state index is -3.67. The van der Waals surface area contributed by atoms with Crippen molar-refractivity contribution in [1.29, 1.82) is 5.41 Å². The molecule has 2 atom stereocenters. The molecule has 1 aliphatic rings. The van der Waals surface area contributed by atoms with Gasteiger partial charge in [-0.05, 0) is 54.8 Å². The molecule has 1 fully saturated rings. The first-order valence-electron chi connectivity index (χ1n) is 10.9. The fraction of sp³-hybridized carbons (Fsp3) is 0.348. The van der Waals surface area contributed by atoms with Crippen LogP contribution in [0, 0.1) is 5.41 Å². The Bertz CT molecular complexity index is 1170. The van der Waals surface area contributed by atoms with Gasteiger partial charge in [-0.25, -0.2) is 17.9 Å². The summed E-state index contributed by atoms with van der Waals surface area (Å²) in [4.78, 5) is 25.2. The summed E-state index contributed by atoms with van der Waals surface area (Å²) in [6, 6.07) is 12.0. The number of cyclic esters (lactones) is 1. The quantitative estimate of drug-likeness (QED) is 0.250. The number of amides is 1. The molecule has 3 rings (SSSR count). The molecular weight excluding hydrogens is 476 g/mol. The summed E-state index contributed by atoms with van der Waals surface area (Å²) in [5.74, 6) is -0.966. The molecule has 11 nitrogen and oxygen atoms in total. The number of carbonyl (C=O) groups excluding carboxylic acids is 1. The van der Waals surface area contributed by atoms with E-state index in [4.69, 9.17) is 20.6 Å². The molecule has 12 heteroatoms. The smallest absolute Gasteiger partial charge is 0.414 e. The third-order valence-corrected chi connectivity index (χ3v) is 6.85. The number of benzene rings is 2. The Balaban J connectivity index is 1.54. The van der Waals surface area contributed by atoms with E-state index < -0.39 is 34.2 Å². The third kappa shape index (κ3) is 7.17. The van der Waals surface area contributed by atoms with E-state index in [9.17, 15) is 23.1 Å². The SMILES string of the molecule is CCCS(=O)(=O)NC(Cc1ccc(OCC2CN(c3ccc(C(=N)N)cc3)C(=O)O2)cc1)C(=O)O. The number of hydrogen-bond acceptors (Lipinski definition) is 7. The van der Waals surface area contributed by atoms with Crippen molar-refractivity contribution < 1.29 is 32.6 Å². The molecule has 2 unspecified atom stereocenters. The molecule has 0 aromatic heterocycles. The first kappa shape index (κ1) is 26.0. The van der Waals surface area contributed by atoms with Crippen molar-refractivity contribution >= 4 is 33.6 Å². The number of carboxylic acid groups (broad SMARTS) is 1. The molecule has 0 bridgehead atoms. The molecule has 5 N–H and O–H groups in total. The van der Waals surface area contributed by atoms with Crippen LogP contribution in [0.3, 0.4) is 0 Å². The second kappa shape index (κ2) is 11.2. The van der Waals surface area contributed by atoms with Gasteiger partial charge in [0.15, 0.2) is 6.10 Å². The van der Waals surface area contributed by atoms with E-state index in [0.717, 1.165) is 0 Å². The van der Waals surface area contributed by atoms with Crippen LogP contribution in [-0.2, 0) is 26.0 Å². The molecule has 1 saturated heterocycles. The maximum absolute atomic E-state index is 12.2. The molecule has 2 aromatic carbocycles. The predicted molar refractivity (Wildman–Crippen MR) is 129 cm³/mol. The number of nitrogens with zero attached hydrogens (tertiary/aromatic N) is 1. The monoisotopic (exact) mass is 504 g/mol. The molecule has 1 heterocycles. The van der Waals surface area contributed by atoms with Crippen molar-refractivity contribution in [3.8, 4) is 5.75 Å². The minimum absolute atomic E-state index is 0.0177. The molecule has 0 radical (unpaired) electrons. The first-order chi connectivity index (χ1) is 16.6. The van der Waals surface area contributed by atoms with Gasteiger partial charge in [-0.15, -0.1) is 0 Å². The summed E-state index contributed by atoms with van der Waals surface area (Å²) in [6.07, 6.45) is -0.641. The second-order valence-corrected chi connectivity index (χ2v) is 9.94. The van der Waals surface area contributed by atoms with Gasteiger partial charge in [0.1, 0.15) is 24.2 Å². The van der Waals surface area contributed by atoms with Gasteiger partial charge in [0.05, 0.1) is 12.3 Å². The number of rotatable bonds is 12. The summed E-state index contributed by atoms with van der Waals surface area (Å²) in [5, 5.41) is 16.8. The van der Waals surface area contributed by atoms with E-state index in [0.29, 0.717) is 29.0 Å². The van der Waals surface area contributed by atoms with Gasteiger partial charge < -0.3 is 20.3 Å². The summed E-state index contributed by atoms with van der Waals surface area (Å²) >= 11 is 0. The number of sulfonamides is 1. The highest BCUT2D eigenvalue weighted by Crippen LogP contribution is 2.23. The van der Waals surface area contributed by atoms with Gasteiger partial charge in [0.25, 0.3) is 0 Å². The Hall–Kier alpha value is -3.64. The van der Waals surface area contributed by atoms with Gasteiger partial charge in [-0.1, -0.05) is 19.1 Å². The lowest BCUT2D eigenvalue weighted by atomic mass is 10.1. The predicted octanol–water partition coefficient (Wildman–Crippen LogP) is 1.70. The lowest BCUT2D eigenvalue weighted by molar-refractivity contribution is -0.138. The number of carbonyl (C=O) groups is 2. The zero-order valence-electron chi connectivity index (χ0n) is 19.1.